The Morgan fingerprint density at radius 2 is 2.00 bits per heavy atom. The Balaban J connectivity index is 2.23. The maximum absolute atomic E-state index is 4.39. The third kappa shape index (κ3) is 3.60. The molecule has 2 heterocycles. The lowest BCUT2D eigenvalue weighted by atomic mass is 10.1. The quantitative estimate of drug-likeness (QED) is 0.788. The fraction of sp³-hybridized carbons (Fsp3) is 0.235. The molecule has 0 radical (unpaired) electrons. The van der Waals surface area contributed by atoms with Gasteiger partial charge in [0.05, 0.1) is 11.4 Å². The summed E-state index contributed by atoms with van der Waals surface area (Å²) in [5.74, 6) is 0. The smallest absolute Gasteiger partial charge is 0.0885 e. The largest absolute Gasteiger partial charge is 0.261 e. The fourth-order valence-corrected chi connectivity index (χ4v) is 1.99. The van der Waals surface area contributed by atoms with E-state index < -0.39 is 0 Å². The molecular formula is C17H19N3. The maximum atomic E-state index is 4.39. The Morgan fingerprint density at radius 3 is 2.65 bits per heavy atom. The number of rotatable bonds is 4. The van der Waals surface area contributed by atoms with Gasteiger partial charge >= 0.3 is 0 Å². The van der Waals surface area contributed by atoms with Crippen molar-refractivity contribution >= 4 is 11.9 Å². The third-order valence-electron chi connectivity index (χ3n) is 3.01. The van der Waals surface area contributed by atoms with Crippen molar-refractivity contribution in [3.63, 3.8) is 0 Å². The highest BCUT2D eigenvalue weighted by Gasteiger charge is 2.03. The van der Waals surface area contributed by atoms with Crippen LogP contribution in [0.15, 0.2) is 47.7 Å². The van der Waals surface area contributed by atoms with Crippen LogP contribution in [-0.4, -0.2) is 16.2 Å². The first-order chi connectivity index (χ1) is 9.72. The number of pyridine rings is 2. The van der Waals surface area contributed by atoms with E-state index in [1.54, 1.807) is 6.21 Å². The molecule has 0 aromatic carbocycles. The van der Waals surface area contributed by atoms with Crippen molar-refractivity contribution in [2.45, 2.75) is 27.2 Å². The van der Waals surface area contributed by atoms with Crippen LogP contribution in [0.4, 0.5) is 0 Å². The predicted octanol–water partition coefficient (Wildman–Crippen LogP) is 3.83. The standard InChI is InChI=1S/C17H19N3/c1-4-16(18-5-2)17-11-14(8-9-19-17)10-15-7-6-13(3)20-12-15/h4-9,11-12H,10H2,1-3H3/b16-4-,18-5?. The molecule has 0 atom stereocenters. The highest BCUT2D eigenvalue weighted by Crippen LogP contribution is 2.16. The number of nitrogens with zero attached hydrogens (tertiary/aromatic N) is 3. The predicted molar refractivity (Wildman–Crippen MR) is 83.8 cm³/mol. The van der Waals surface area contributed by atoms with Crippen molar-refractivity contribution in [3.8, 4) is 0 Å². The molecule has 0 aliphatic heterocycles. The zero-order chi connectivity index (χ0) is 14.4. The van der Waals surface area contributed by atoms with Crippen molar-refractivity contribution in [2.24, 2.45) is 4.99 Å². The van der Waals surface area contributed by atoms with Crippen LogP contribution in [0, 0.1) is 6.92 Å². The molecule has 0 fully saturated rings. The Hall–Kier alpha value is -2.29. The van der Waals surface area contributed by atoms with Gasteiger partial charge in [0.15, 0.2) is 0 Å². The molecule has 2 aromatic heterocycles. The fourth-order valence-electron chi connectivity index (χ4n) is 1.99. The summed E-state index contributed by atoms with van der Waals surface area (Å²) in [5.41, 5.74) is 5.26. The van der Waals surface area contributed by atoms with Crippen LogP contribution in [0.2, 0.25) is 0 Å². The lowest BCUT2D eigenvalue weighted by molar-refractivity contribution is 1.09. The van der Waals surface area contributed by atoms with Gasteiger partial charge in [-0.05, 0) is 56.5 Å². The summed E-state index contributed by atoms with van der Waals surface area (Å²) < 4.78 is 0. The van der Waals surface area contributed by atoms with Crippen LogP contribution in [0.25, 0.3) is 5.70 Å². The SMILES string of the molecule is CC=N/C(=C\C)c1cc(Cc2ccc(C)nc2)ccn1. The van der Waals surface area contributed by atoms with Crippen LogP contribution in [0.5, 0.6) is 0 Å². The summed E-state index contributed by atoms with van der Waals surface area (Å²) in [5, 5.41) is 0. The molecule has 2 rings (SSSR count). The normalized spacial score (nSPS) is 12.1. The Morgan fingerprint density at radius 1 is 1.15 bits per heavy atom. The Bertz CT molecular complexity index is 625. The van der Waals surface area contributed by atoms with Crippen molar-refractivity contribution in [3.05, 3.63) is 65.2 Å². The number of hydrogen-bond acceptors (Lipinski definition) is 3. The minimum Gasteiger partial charge on any atom is -0.261 e. The van der Waals surface area contributed by atoms with E-state index in [2.05, 4.69) is 27.1 Å². The average Bonchev–Trinajstić information content (AvgIpc) is 2.47. The molecule has 0 unspecified atom stereocenters. The zero-order valence-corrected chi connectivity index (χ0v) is 12.2. The van der Waals surface area contributed by atoms with E-state index in [1.165, 1.54) is 11.1 Å². The maximum Gasteiger partial charge on any atom is 0.0885 e. The first-order valence-electron chi connectivity index (χ1n) is 6.74. The molecule has 0 bridgehead atoms. The van der Waals surface area contributed by atoms with E-state index in [1.807, 2.05) is 51.4 Å². The molecule has 102 valence electrons. The molecule has 20 heavy (non-hydrogen) atoms. The third-order valence-corrected chi connectivity index (χ3v) is 3.01. The second-order valence-electron chi connectivity index (χ2n) is 4.60. The minimum absolute atomic E-state index is 0.857. The topological polar surface area (TPSA) is 38.1 Å². The summed E-state index contributed by atoms with van der Waals surface area (Å²) in [6.07, 6.45) is 8.37. The monoisotopic (exact) mass is 265 g/mol. The summed E-state index contributed by atoms with van der Waals surface area (Å²) >= 11 is 0. The average molecular weight is 265 g/mol. The van der Waals surface area contributed by atoms with Crippen LogP contribution < -0.4 is 0 Å². The van der Waals surface area contributed by atoms with Crippen molar-refractivity contribution < 1.29 is 0 Å². The van der Waals surface area contributed by atoms with Gasteiger partial charge in [0.2, 0.25) is 0 Å². The van der Waals surface area contributed by atoms with E-state index in [9.17, 15) is 0 Å². The Kier molecular flexibility index (Phi) is 4.77. The lowest BCUT2D eigenvalue weighted by Crippen LogP contribution is -1.94. The van der Waals surface area contributed by atoms with E-state index in [0.29, 0.717) is 0 Å². The molecule has 3 heteroatoms. The van der Waals surface area contributed by atoms with Crippen LogP contribution >= 0.6 is 0 Å². The zero-order valence-electron chi connectivity index (χ0n) is 12.2. The van der Waals surface area contributed by atoms with Gasteiger partial charge in [-0.1, -0.05) is 12.1 Å². The first-order valence-corrected chi connectivity index (χ1v) is 6.74. The molecule has 3 nitrogen and oxygen atoms in total. The lowest BCUT2D eigenvalue weighted by Gasteiger charge is -2.05. The van der Waals surface area contributed by atoms with E-state index in [-0.39, 0.29) is 0 Å². The minimum atomic E-state index is 0.857. The van der Waals surface area contributed by atoms with Gasteiger partial charge < -0.3 is 0 Å². The number of aromatic nitrogens is 2. The van der Waals surface area contributed by atoms with Gasteiger partial charge in [-0.2, -0.15) is 0 Å². The van der Waals surface area contributed by atoms with Gasteiger partial charge in [0.1, 0.15) is 0 Å². The van der Waals surface area contributed by atoms with Crippen molar-refractivity contribution in [2.75, 3.05) is 0 Å². The molecule has 2 aromatic rings. The number of hydrogen-bond donors (Lipinski definition) is 0. The van der Waals surface area contributed by atoms with Gasteiger partial charge in [0.25, 0.3) is 0 Å². The molecule has 0 aliphatic rings. The molecule has 0 saturated heterocycles. The summed E-state index contributed by atoms with van der Waals surface area (Å²) in [6.45, 7) is 5.88. The molecule has 0 aliphatic carbocycles. The Labute approximate surface area is 120 Å². The van der Waals surface area contributed by atoms with Crippen LogP contribution in [0.3, 0.4) is 0 Å². The summed E-state index contributed by atoms with van der Waals surface area (Å²) in [7, 11) is 0. The van der Waals surface area contributed by atoms with Gasteiger partial charge in [-0.3, -0.25) is 15.0 Å². The first kappa shape index (κ1) is 14.1. The second-order valence-corrected chi connectivity index (χ2v) is 4.60. The number of aliphatic imine (C=N–C) groups is 1. The molecule has 0 N–H and O–H groups in total. The summed E-state index contributed by atoms with van der Waals surface area (Å²) in [6, 6.07) is 8.27. The number of aryl methyl sites for hydroxylation is 1. The highest BCUT2D eigenvalue weighted by atomic mass is 14.8. The molecule has 0 spiro atoms. The highest BCUT2D eigenvalue weighted by molar-refractivity contribution is 5.71. The van der Waals surface area contributed by atoms with Crippen molar-refractivity contribution in [1.82, 2.24) is 9.97 Å². The molecule has 0 saturated carbocycles. The van der Waals surface area contributed by atoms with E-state index >= 15 is 0 Å². The summed E-state index contributed by atoms with van der Waals surface area (Å²) in [4.78, 5) is 13.0. The van der Waals surface area contributed by atoms with Crippen molar-refractivity contribution in [1.29, 1.82) is 0 Å². The van der Waals surface area contributed by atoms with Crippen LogP contribution in [-0.2, 0) is 6.42 Å². The number of allylic oxidation sites excluding steroid dienone is 1. The molecular weight excluding hydrogens is 246 g/mol. The van der Waals surface area contributed by atoms with Gasteiger partial charge in [-0.15, -0.1) is 0 Å². The van der Waals surface area contributed by atoms with E-state index in [0.717, 1.165) is 23.5 Å². The van der Waals surface area contributed by atoms with Gasteiger partial charge in [0, 0.05) is 24.3 Å². The van der Waals surface area contributed by atoms with Crippen LogP contribution in [0.1, 0.15) is 36.4 Å². The van der Waals surface area contributed by atoms with E-state index in [4.69, 9.17) is 0 Å². The second kappa shape index (κ2) is 6.75. The van der Waals surface area contributed by atoms with Gasteiger partial charge in [-0.25, -0.2) is 0 Å². The molecule has 0 amide bonds.